The van der Waals surface area contributed by atoms with Crippen molar-refractivity contribution in [2.75, 3.05) is 18.0 Å². The molecule has 1 unspecified atom stereocenters. The first kappa shape index (κ1) is 24.2. The van der Waals surface area contributed by atoms with Gasteiger partial charge in [-0.3, -0.25) is 9.69 Å². The largest absolute Gasteiger partial charge is 0.389 e. The molecule has 4 rings (SSSR count). The fourth-order valence-electron chi connectivity index (χ4n) is 5.17. The number of anilines is 1. The maximum absolute atomic E-state index is 13.6. The van der Waals surface area contributed by atoms with E-state index in [1.807, 2.05) is 41.3 Å². The highest BCUT2D eigenvalue weighted by atomic mass is 32.2. The molecule has 0 aliphatic carbocycles. The third kappa shape index (κ3) is 5.61. The molecule has 1 fully saturated rings. The van der Waals surface area contributed by atoms with Crippen LogP contribution in [-0.4, -0.2) is 41.0 Å². The van der Waals surface area contributed by atoms with Crippen LogP contribution >= 0.6 is 24.0 Å². The third-order valence-corrected chi connectivity index (χ3v) is 8.58. The highest BCUT2D eigenvalue weighted by molar-refractivity contribution is 8.00. The molecule has 2 heterocycles. The number of fused-ring (bicyclic) bond motifs is 1. The van der Waals surface area contributed by atoms with Crippen LogP contribution in [0.3, 0.4) is 0 Å². The highest BCUT2D eigenvalue weighted by Gasteiger charge is 2.34. The predicted octanol–water partition coefficient (Wildman–Crippen LogP) is 5.93. The molecule has 6 heteroatoms. The molecule has 2 aromatic carbocycles. The molecule has 0 radical (unpaired) electrons. The Kier molecular flexibility index (Phi) is 8.10. The van der Waals surface area contributed by atoms with Gasteiger partial charge in [-0.2, -0.15) is 0 Å². The van der Waals surface area contributed by atoms with Gasteiger partial charge in [-0.15, -0.1) is 11.8 Å². The van der Waals surface area contributed by atoms with Crippen LogP contribution in [0.4, 0.5) is 5.69 Å². The molecule has 2 N–H and O–H groups in total. The van der Waals surface area contributed by atoms with Crippen LogP contribution < -0.4 is 10.6 Å². The fourth-order valence-corrected chi connectivity index (χ4v) is 6.52. The number of hydrogen-bond acceptors (Lipinski definition) is 4. The average molecular weight is 482 g/mol. The third-order valence-electron chi connectivity index (χ3n) is 7.04. The monoisotopic (exact) mass is 481 g/mol. The van der Waals surface area contributed by atoms with Gasteiger partial charge >= 0.3 is 0 Å². The van der Waals surface area contributed by atoms with E-state index in [1.54, 1.807) is 11.8 Å². The smallest absolute Gasteiger partial charge is 0.245 e. The summed E-state index contributed by atoms with van der Waals surface area (Å²) < 4.78 is 0. The summed E-state index contributed by atoms with van der Waals surface area (Å²) in [5.74, 6) is 0.150. The first-order valence-electron chi connectivity index (χ1n) is 12.2. The van der Waals surface area contributed by atoms with Crippen molar-refractivity contribution in [3.05, 3.63) is 59.7 Å². The molecule has 33 heavy (non-hydrogen) atoms. The summed E-state index contributed by atoms with van der Waals surface area (Å²) in [6.45, 7) is 6.65. The molecular weight excluding hydrogens is 446 g/mol. The summed E-state index contributed by atoms with van der Waals surface area (Å²) >= 11 is 6.78. The van der Waals surface area contributed by atoms with Crippen LogP contribution in [0.5, 0.6) is 0 Å². The summed E-state index contributed by atoms with van der Waals surface area (Å²) in [6.07, 6.45) is 7.33. The molecule has 0 saturated carbocycles. The maximum atomic E-state index is 13.6. The standard InChI is InChI=1S/C27H35N3OS2/c1-19-10-8-11-20(2)29(19)16-6-3-7-17-30-23-14-4-5-15-24(23)33-25(27(30)31)21-12-9-13-22(18-21)26(28)32/h4-5,9,12-15,18-20,25H,3,6-8,10-11,16-17H2,1-2H3,(H2,28,32)/t19-,20+,25?. The summed E-state index contributed by atoms with van der Waals surface area (Å²) in [5.41, 5.74) is 8.65. The topological polar surface area (TPSA) is 49.6 Å². The van der Waals surface area contributed by atoms with Crippen molar-refractivity contribution in [2.45, 2.75) is 74.6 Å². The summed E-state index contributed by atoms with van der Waals surface area (Å²) in [6, 6.07) is 17.4. The van der Waals surface area contributed by atoms with E-state index in [0.29, 0.717) is 17.1 Å². The first-order valence-corrected chi connectivity index (χ1v) is 13.5. The van der Waals surface area contributed by atoms with Gasteiger partial charge in [0, 0.05) is 29.1 Å². The second-order valence-corrected chi connectivity index (χ2v) is 11.0. The van der Waals surface area contributed by atoms with Crippen LogP contribution in [-0.2, 0) is 4.79 Å². The van der Waals surface area contributed by atoms with E-state index < -0.39 is 0 Å². The molecule has 0 spiro atoms. The lowest BCUT2D eigenvalue weighted by Gasteiger charge is -2.39. The minimum atomic E-state index is -0.274. The Balaban J connectivity index is 1.42. The van der Waals surface area contributed by atoms with Crippen molar-refractivity contribution >= 4 is 40.6 Å². The number of likely N-dealkylation sites (tertiary alicyclic amines) is 1. The van der Waals surface area contributed by atoms with Crippen molar-refractivity contribution in [2.24, 2.45) is 5.73 Å². The molecule has 1 amide bonds. The maximum Gasteiger partial charge on any atom is 0.245 e. The minimum absolute atomic E-state index is 0.150. The average Bonchev–Trinajstić information content (AvgIpc) is 2.81. The van der Waals surface area contributed by atoms with Gasteiger partial charge in [-0.25, -0.2) is 0 Å². The van der Waals surface area contributed by atoms with Crippen LogP contribution in [0.1, 0.15) is 68.7 Å². The van der Waals surface area contributed by atoms with E-state index in [0.717, 1.165) is 47.6 Å². The van der Waals surface area contributed by atoms with E-state index in [2.05, 4.69) is 30.9 Å². The van der Waals surface area contributed by atoms with Crippen LogP contribution in [0, 0.1) is 0 Å². The summed E-state index contributed by atoms with van der Waals surface area (Å²) in [7, 11) is 0. The fraction of sp³-hybridized carbons (Fsp3) is 0.481. The lowest BCUT2D eigenvalue weighted by atomic mass is 9.97. The molecule has 0 aromatic heterocycles. The van der Waals surface area contributed by atoms with Gasteiger partial charge in [-0.1, -0.05) is 55.4 Å². The quantitative estimate of drug-likeness (QED) is 0.374. The molecule has 2 aliphatic rings. The molecule has 0 bridgehead atoms. The van der Waals surface area contributed by atoms with Crippen molar-refractivity contribution in [1.82, 2.24) is 4.90 Å². The number of amides is 1. The van der Waals surface area contributed by atoms with Crippen molar-refractivity contribution in [1.29, 1.82) is 0 Å². The Morgan fingerprint density at radius 2 is 1.76 bits per heavy atom. The molecule has 3 atom stereocenters. The van der Waals surface area contributed by atoms with E-state index in [9.17, 15) is 4.79 Å². The van der Waals surface area contributed by atoms with E-state index in [-0.39, 0.29) is 11.2 Å². The number of benzene rings is 2. The molecule has 2 aliphatic heterocycles. The number of para-hydroxylation sites is 1. The second kappa shape index (κ2) is 11.0. The second-order valence-electron chi connectivity index (χ2n) is 9.37. The minimum Gasteiger partial charge on any atom is -0.389 e. The number of carbonyl (C=O) groups excluding carboxylic acids is 1. The zero-order valence-corrected chi connectivity index (χ0v) is 21.3. The van der Waals surface area contributed by atoms with Crippen LogP contribution in [0.15, 0.2) is 53.4 Å². The van der Waals surface area contributed by atoms with Gasteiger partial charge in [0.25, 0.3) is 0 Å². The highest BCUT2D eigenvalue weighted by Crippen LogP contribution is 2.46. The van der Waals surface area contributed by atoms with Gasteiger partial charge in [0.2, 0.25) is 5.91 Å². The lowest BCUT2D eigenvalue weighted by Crippen LogP contribution is -2.44. The Morgan fingerprint density at radius 3 is 2.52 bits per heavy atom. The Labute approximate surface area is 207 Å². The number of rotatable bonds is 8. The Morgan fingerprint density at radius 1 is 1.03 bits per heavy atom. The zero-order valence-electron chi connectivity index (χ0n) is 19.7. The lowest BCUT2D eigenvalue weighted by molar-refractivity contribution is -0.118. The van der Waals surface area contributed by atoms with E-state index in [4.69, 9.17) is 18.0 Å². The van der Waals surface area contributed by atoms with Gasteiger partial charge in [0.15, 0.2) is 0 Å². The summed E-state index contributed by atoms with van der Waals surface area (Å²) in [4.78, 5) is 19.8. The van der Waals surface area contributed by atoms with E-state index in [1.165, 1.54) is 25.7 Å². The van der Waals surface area contributed by atoms with Crippen molar-refractivity contribution in [3.63, 3.8) is 0 Å². The van der Waals surface area contributed by atoms with Crippen LogP contribution in [0.25, 0.3) is 0 Å². The number of nitrogens with zero attached hydrogens (tertiary/aromatic N) is 2. The summed E-state index contributed by atoms with van der Waals surface area (Å²) in [5, 5.41) is -0.274. The normalized spacial score (nSPS) is 23.4. The number of nitrogens with two attached hydrogens (primary N) is 1. The number of hydrogen-bond donors (Lipinski definition) is 1. The molecule has 176 valence electrons. The van der Waals surface area contributed by atoms with Crippen molar-refractivity contribution < 1.29 is 4.79 Å². The van der Waals surface area contributed by atoms with Gasteiger partial charge in [-0.05, 0) is 69.8 Å². The number of unbranched alkanes of at least 4 members (excludes halogenated alkanes) is 2. The zero-order chi connectivity index (χ0) is 23.4. The first-order chi connectivity index (χ1) is 16.0. The van der Waals surface area contributed by atoms with E-state index >= 15 is 0 Å². The number of piperidine rings is 1. The SMILES string of the molecule is C[C@@H]1CCC[C@H](C)N1CCCCCN1C(=O)C(c2cccc(C(N)=S)c2)Sc2ccccc21. The van der Waals surface area contributed by atoms with Crippen molar-refractivity contribution in [3.8, 4) is 0 Å². The van der Waals surface area contributed by atoms with Crippen LogP contribution in [0.2, 0.25) is 0 Å². The van der Waals surface area contributed by atoms with Gasteiger partial charge in [0.1, 0.15) is 10.2 Å². The number of carbonyl (C=O) groups is 1. The predicted molar refractivity (Wildman–Crippen MR) is 143 cm³/mol. The number of thioether (sulfide) groups is 1. The molecule has 4 nitrogen and oxygen atoms in total. The van der Waals surface area contributed by atoms with Gasteiger partial charge < -0.3 is 10.6 Å². The molecule has 1 saturated heterocycles. The Bertz CT molecular complexity index is 985. The molecular formula is C27H35N3OS2. The van der Waals surface area contributed by atoms with Gasteiger partial charge in [0.05, 0.1) is 5.69 Å². The molecule has 2 aromatic rings. The Hall–Kier alpha value is -1.89. The number of thiocarbonyl (C=S) groups is 1.